The maximum atomic E-state index is 12.3. The molecule has 1 rings (SSSR count). The third-order valence-corrected chi connectivity index (χ3v) is 6.00. The van der Waals surface area contributed by atoms with Crippen molar-refractivity contribution in [2.24, 2.45) is 0 Å². The van der Waals surface area contributed by atoms with Gasteiger partial charge in [0, 0.05) is 17.3 Å². The smallest absolute Gasteiger partial charge is 0.248 e. The molecule has 8 heteroatoms. The highest BCUT2D eigenvalue weighted by atomic mass is 32.2. The molecule has 1 aromatic heterocycles. The topological polar surface area (TPSA) is 88.2 Å². The first-order valence-electron chi connectivity index (χ1n) is 6.68. The molecule has 0 aliphatic rings. The van der Waals surface area contributed by atoms with E-state index < -0.39 is 20.7 Å². The Balaban J connectivity index is 2.93. The molecule has 0 saturated heterocycles. The summed E-state index contributed by atoms with van der Waals surface area (Å²) in [6.45, 7) is 10.7. The van der Waals surface area contributed by atoms with Crippen molar-refractivity contribution in [1.82, 2.24) is 9.71 Å². The molecule has 0 unspecified atom stereocenters. The van der Waals surface area contributed by atoms with Crippen LogP contribution in [0.15, 0.2) is 5.38 Å². The van der Waals surface area contributed by atoms with Gasteiger partial charge in [-0.15, -0.1) is 11.3 Å². The lowest BCUT2D eigenvalue weighted by Crippen LogP contribution is -2.50. The molecule has 1 amide bonds. The van der Waals surface area contributed by atoms with Gasteiger partial charge in [-0.3, -0.25) is 4.79 Å². The lowest BCUT2D eigenvalue weighted by molar-refractivity contribution is -0.117. The molecule has 120 valence electrons. The van der Waals surface area contributed by atoms with Crippen LogP contribution in [0.5, 0.6) is 0 Å². The zero-order chi connectivity index (χ0) is 16.5. The maximum Gasteiger partial charge on any atom is 0.248 e. The van der Waals surface area contributed by atoms with E-state index in [-0.39, 0.29) is 12.0 Å². The number of nitrogens with one attached hydrogen (secondary N) is 2. The summed E-state index contributed by atoms with van der Waals surface area (Å²) in [5.41, 5.74) is 0.736. The number of nitrogens with zero attached hydrogens (tertiary/aromatic N) is 1. The van der Waals surface area contributed by atoms with E-state index in [0.717, 1.165) is 5.69 Å². The van der Waals surface area contributed by atoms with Gasteiger partial charge in [-0.25, -0.2) is 18.1 Å². The van der Waals surface area contributed by atoms with E-state index >= 15 is 0 Å². The summed E-state index contributed by atoms with van der Waals surface area (Å²) < 4.78 is 24.9. The summed E-state index contributed by atoms with van der Waals surface area (Å²) in [7, 11) is -3.74. The molecule has 0 radical (unpaired) electrons. The summed E-state index contributed by atoms with van der Waals surface area (Å²) in [6, 6.07) is 0. The zero-order valence-corrected chi connectivity index (χ0v) is 14.9. The van der Waals surface area contributed by atoms with Crippen LogP contribution in [-0.2, 0) is 20.2 Å². The minimum Gasteiger partial charge on any atom is -0.301 e. The highest BCUT2D eigenvalue weighted by Gasteiger charge is 2.41. The van der Waals surface area contributed by atoms with Crippen LogP contribution in [0.3, 0.4) is 0 Å². The Labute approximate surface area is 130 Å². The summed E-state index contributed by atoms with van der Waals surface area (Å²) in [4.78, 5) is 16.6. The molecule has 6 nitrogen and oxygen atoms in total. The molecule has 1 aromatic rings. The van der Waals surface area contributed by atoms with E-state index in [1.165, 1.54) is 25.2 Å². The number of anilines is 1. The molecular weight excluding hydrogens is 310 g/mol. The molecule has 21 heavy (non-hydrogen) atoms. The molecule has 0 fully saturated rings. The van der Waals surface area contributed by atoms with Crippen LogP contribution in [0.25, 0.3) is 0 Å². The van der Waals surface area contributed by atoms with Gasteiger partial charge in [-0.05, 0) is 13.8 Å². The fraction of sp³-hybridized carbons (Fsp3) is 0.692. The number of carbonyl (C=O) groups is 1. The molecule has 1 heterocycles. The lowest BCUT2D eigenvalue weighted by atomic mass is 9.93. The van der Waals surface area contributed by atoms with E-state index in [9.17, 15) is 13.2 Å². The molecule has 2 N–H and O–H groups in total. The number of hydrogen-bond acceptors (Lipinski definition) is 5. The summed E-state index contributed by atoms with van der Waals surface area (Å²) in [5, 5.41) is 4.86. The van der Waals surface area contributed by atoms with Gasteiger partial charge < -0.3 is 5.32 Å². The average molecular weight is 333 g/mol. The predicted molar refractivity (Wildman–Crippen MR) is 86.1 cm³/mol. The summed E-state index contributed by atoms with van der Waals surface area (Å²) in [5.74, 6) is -0.599. The number of hydrogen-bond donors (Lipinski definition) is 2. The second kappa shape index (κ2) is 6.02. The first-order chi connectivity index (χ1) is 9.41. The van der Waals surface area contributed by atoms with Gasteiger partial charge in [-0.1, -0.05) is 27.7 Å². The van der Waals surface area contributed by atoms with Crippen LogP contribution in [0, 0.1) is 0 Å². The Hall–Kier alpha value is -0.990. The standard InChI is InChI=1S/C13H23N3O3S2/c1-7-14-21(18,19)13(5,6)10(17)16-11-15-9(8-20-11)12(2,3)4/h8,14H,7H2,1-6H3,(H,15,16,17). The third-order valence-electron chi connectivity index (χ3n) is 3.05. The summed E-state index contributed by atoms with van der Waals surface area (Å²) in [6.07, 6.45) is 0. The van der Waals surface area contributed by atoms with E-state index in [2.05, 4.69) is 15.0 Å². The van der Waals surface area contributed by atoms with Crippen LogP contribution >= 0.6 is 11.3 Å². The number of sulfonamides is 1. The Morgan fingerprint density at radius 1 is 1.29 bits per heavy atom. The number of amides is 1. The second-order valence-corrected chi connectivity index (χ2v) is 9.43. The quantitative estimate of drug-likeness (QED) is 0.863. The van der Waals surface area contributed by atoms with Crippen molar-refractivity contribution < 1.29 is 13.2 Å². The number of aromatic nitrogens is 1. The molecule has 0 spiro atoms. The third kappa shape index (κ3) is 4.02. The fourth-order valence-corrected chi connectivity index (χ4v) is 3.38. The summed E-state index contributed by atoms with van der Waals surface area (Å²) >= 11 is 1.29. The SMILES string of the molecule is CCNS(=O)(=O)C(C)(C)C(=O)Nc1nc(C(C)(C)C)cs1. The first-order valence-corrected chi connectivity index (χ1v) is 9.04. The predicted octanol–water partition coefficient (Wildman–Crippen LogP) is 2.10. The van der Waals surface area contributed by atoms with Crippen LogP contribution in [0.4, 0.5) is 5.13 Å². The van der Waals surface area contributed by atoms with Crippen molar-refractivity contribution in [3.63, 3.8) is 0 Å². The first kappa shape index (κ1) is 18.1. The Bertz CT molecular complexity index is 613. The minimum absolute atomic E-state index is 0.120. The maximum absolute atomic E-state index is 12.3. The Morgan fingerprint density at radius 2 is 1.86 bits per heavy atom. The minimum atomic E-state index is -3.74. The van der Waals surface area contributed by atoms with Crippen LogP contribution in [0.2, 0.25) is 0 Å². The van der Waals surface area contributed by atoms with Gasteiger partial charge >= 0.3 is 0 Å². The average Bonchev–Trinajstić information content (AvgIpc) is 2.76. The van der Waals surface area contributed by atoms with E-state index in [4.69, 9.17) is 0 Å². The van der Waals surface area contributed by atoms with Gasteiger partial charge in [0.15, 0.2) is 9.88 Å². The van der Waals surface area contributed by atoms with Crippen molar-refractivity contribution in [1.29, 1.82) is 0 Å². The Kier molecular flexibility index (Phi) is 5.18. The van der Waals surface area contributed by atoms with Gasteiger partial charge in [0.1, 0.15) is 0 Å². The number of rotatable bonds is 5. The van der Waals surface area contributed by atoms with Gasteiger partial charge in [0.2, 0.25) is 15.9 Å². The lowest BCUT2D eigenvalue weighted by Gasteiger charge is -2.23. The van der Waals surface area contributed by atoms with Crippen LogP contribution < -0.4 is 10.0 Å². The molecule has 0 bridgehead atoms. The van der Waals surface area contributed by atoms with E-state index in [1.807, 2.05) is 26.2 Å². The van der Waals surface area contributed by atoms with Crippen molar-refractivity contribution in [3.8, 4) is 0 Å². The molecule has 0 aliphatic heterocycles. The van der Waals surface area contributed by atoms with Crippen molar-refractivity contribution in [2.75, 3.05) is 11.9 Å². The van der Waals surface area contributed by atoms with Gasteiger partial charge in [0.05, 0.1) is 5.69 Å². The van der Waals surface area contributed by atoms with E-state index in [0.29, 0.717) is 5.13 Å². The normalized spacial score (nSPS) is 13.2. The monoisotopic (exact) mass is 333 g/mol. The van der Waals surface area contributed by atoms with Crippen LogP contribution in [-0.4, -0.2) is 30.6 Å². The molecule has 0 saturated carbocycles. The molecule has 0 atom stereocenters. The molecule has 0 aliphatic carbocycles. The number of thiazole rings is 1. The molecule has 0 aromatic carbocycles. The highest BCUT2D eigenvalue weighted by molar-refractivity contribution is 7.91. The van der Waals surface area contributed by atoms with Crippen molar-refractivity contribution in [3.05, 3.63) is 11.1 Å². The fourth-order valence-electron chi connectivity index (χ4n) is 1.42. The van der Waals surface area contributed by atoms with Crippen molar-refractivity contribution >= 4 is 32.4 Å². The zero-order valence-electron chi connectivity index (χ0n) is 13.3. The van der Waals surface area contributed by atoms with E-state index in [1.54, 1.807) is 6.92 Å². The van der Waals surface area contributed by atoms with Crippen LogP contribution in [0.1, 0.15) is 47.2 Å². The largest absolute Gasteiger partial charge is 0.301 e. The Morgan fingerprint density at radius 3 is 2.29 bits per heavy atom. The van der Waals surface area contributed by atoms with Gasteiger partial charge in [-0.2, -0.15) is 0 Å². The van der Waals surface area contributed by atoms with Gasteiger partial charge in [0.25, 0.3) is 0 Å². The molecular formula is C13H23N3O3S2. The van der Waals surface area contributed by atoms with Crippen molar-refractivity contribution in [2.45, 2.75) is 51.7 Å². The highest BCUT2D eigenvalue weighted by Crippen LogP contribution is 2.27. The number of carbonyl (C=O) groups excluding carboxylic acids is 1. The second-order valence-electron chi connectivity index (χ2n) is 6.25.